The van der Waals surface area contributed by atoms with E-state index in [1.807, 2.05) is 42.3 Å². The molecule has 0 aliphatic carbocycles. The Balaban J connectivity index is 1.68. The predicted molar refractivity (Wildman–Crippen MR) is 113 cm³/mol. The Bertz CT molecular complexity index is 908. The van der Waals surface area contributed by atoms with Gasteiger partial charge in [-0.3, -0.25) is 9.69 Å². The maximum atomic E-state index is 12.4. The van der Waals surface area contributed by atoms with E-state index in [1.165, 1.54) is 5.56 Å². The zero-order valence-corrected chi connectivity index (χ0v) is 16.5. The van der Waals surface area contributed by atoms with Crippen molar-refractivity contribution >= 4 is 34.8 Å². The standard InChI is InChI=1S/C22H20Cl2N2O/c1-26(15-21(27)25-22-19(23)12-7-13-20(22)24)14-17-10-5-6-11-18(17)16-8-3-2-4-9-16/h2-13H,14-15H2,1H3,(H,25,27). The van der Waals surface area contributed by atoms with Crippen LogP contribution in [0, 0.1) is 0 Å². The third-order valence-corrected chi connectivity index (χ3v) is 4.81. The molecular formula is C22H20Cl2N2O. The lowest BCUT2D eigenvalue weighted by molar-refractivity contribution is -0.117. The van der Waals surface area contributed by atoms with Gasteiger partial charge in [0.05, 0.1) is 22.3 Å². The number of anilines is 1. The molecule has 0 saturated carbocycles. The molecule has 3 aromatic rings. The first-order valence-electron chi connectivity index (χ1n) is 8.60. The van der Waals surface area contributed by atoms with Gasteiger partial charge < -0.3 is 5.32 Å². The van der Waals surface area contributed by atoms with E-state index in [0.717, 1.165) is 11.1 Å². The predicted octanol–water partition coefficient (Wildman–Crippen LogP) is 5.73. The summed E-state index contributed by atoms with van der Waals surface area (Å²) in [6, 6.07) is 23.6. The first-order valence-corrected chi connectivity index (χ1v) is 9.36. The van der Waals surface area contributed by atoms with Crippen LogP contribution >= 0.6 is 23.2 Å². The Morgan fingerprint density at radius 2 is 1.52 bits per heavy atom. The van der Waals surface area contributed by atoms with Gasteiger partial charge in [0.25, 0.3) is 0 Å². The Morgan fingerprint density at radius 3 is 2.22 bits per heavy atom. The molecule has 3 nitrogen and oxygen atoms in total. The summed E-state index contributed by atoms with van der Waals surface area (Å²) in [6.45, 7) is 0.874. The molecule has 0 bridgehead atoms. The van der Waals surface area contributed by atoms with E-state index < -0.39 is 0 Å². The van der Waals surface area contributed by atoms with Crippen LogP contribution in [0.3, 0.4) is 0 Å². The van der Waals surface area contributed by atoms with E-state index in [2.05, 4.69) is 29.6 Å². The zero-order valence-electron chi connectivity index (χ0n) is 15.0. The van der Waals surface area contributed by atoms with Gasteiger partial charge in [-0.2, -0.15) is 0 Å². The van der Waals surface area contributed by atoms with E-state index in [1.54, 1.807) is 18.2 Å². The largest absolute Gasteiger partial charge is 0.322 e. The highest BCUT2D eigenvalue weighted by atomic mass is 35.5. The van der Waals surface area contributed by atoms with Crippen molar-refractivity contribution in [3.63, 3.8) is 0 Å². The van der Waals surface area contributed by atoms with Gasteiger partial charge in [-0.15, -0.1) is 0 Å². The number of rotatable bonds is 6. The van der Waals surface area contributed by atoms with Crippen LogP contribution in [0.1, 0.15) is 5.56 Å². The fraction of sp³-hybridized carbons (Fsp3) is 0.136. The number of hydrogen-bond acceptors (Lipinski definition) is 2. The minimum atomic E-state index is -0.162. The Hall–Kier alpha value is -2.33. The quantitative estimate of drug-likeness (QED) is 0.574. The summed E-state index contributed by atoms with van der Waals surface area (Å²) in [7, 11) is 1.91. The van der Waals surface area contributed by atoms with Gasteiger partial charge in [-0.25, -0.2) is 0 Å². The van der Waals surface area contributed by atoms with Crippen molar-refractivity contribution in [1.82, 2.24) is 4.90 Å². The summed E-state index contributed by atoms with van der Waals surface area (Å²) in [5.74, 6) is -0.162. The molecule has 0 fully saturated rings. The van der Waals surface area contributed by atoms with E-state index in [9.17, 15) is 4.79 Å². The molecule has 1 amide bonds. The normalized spacial score (nSPS) is 10.8. The van der Waals surface area contributed by atoms with Gasteiger partial charge in [0.15, 0.2) is 0 Å². The highest BCUT2D eigenvalue weighted by Crippen LogP contribution is 2.29. The first kappa shape index (κ1) is 19.4. The van der Waals surface area contributed by atoms with Crippen molar-refractivity contribution in [2.45, 2.75) is 6.54 Å². The molecule has 0 atom stereocenters. The number of benzene rings is 3. The second kappa shape index (κ2) is 9.05. The molecule has 3 aromatic carbocycles. The molecular weight excluding hydrogens is 379 g/mol. The SMILES string of the molecule is CN(CC(=O)Nc1c(Cl)cccc1Cl)Cc1ccccc1-c1ccccc1. The molecule has 27 heavy (non-hydrogen) atoms. The Morgan fingerprint density at radius 1 is 0.889 bits per heavy atom. The summed E-state index contributed by atoms with van der Waals surface area (Å²) in [5, 5.41) is 3.64. The van der Waals surface area contributed by atoms with Crippen LogP contribution < -0.4 is 5.32 Å². The van der Waals surface area contributed by atoms with Crippen LogP contribution in [0.25, 0.3) is 11.1 Å². The number of carbonyl (C=O) groups excluding carboxylic acids is 1. The highest BCUT2D eigenvalue weighted by molar-refractivity contribution is 6.39. The average molecular weight is 399 g/mol. The van der Waals surface area contributed by atoms with Gasteiger partial charge >= 0.3 is 0 Å². The zero-order chi connectivity index (χ0) is 19.2. The summed E-state index contributed by atoms with van der Waals surface area (Å²) in [6.07, 6.45) is 0. The van der Waals surface area contributed by atoms with Crippen molar-refractivity contribution in [2.24, 2.45) is 0 Å². The number of para-hydroxylation sites is 1. The maximum Gasteiger partial charge on any atom is 0.238 e. The molecule has 5 heteroatoms. The topological polar surface area (TPSA) is 32.3 Å². The third kappa shape index (κ3) is 5.10. The van der Waals surface area contributed by atoms with E-state index in [0.29, 0.717) is 22.3 Å². The Labute approximate surface area is 169 Å². The van der Waals surface area contributed by atoms with Crippen molar-refractivity contribution in [2.75, 3.05) is 18.9 Å². The summed E-state index contributed by atoms with van der Waals surface area (Å²) >= 11 is 12.2. The molecule has 0 spiro atoms. The number of halogens is 2. The fourth-order valence-corrected chi connectivity index (χ4v) is 3.44. The molecule has 0 saturated heterocycles. The molecule has 0 aliphatic rings. The van der Waals surface area contributed by atoms with Crippen LogP contribution in [0.15, 0.2) is 72.8 Å². The van der Waals surface area contributed by atoms with E-state index in [-0.39, 0.29) is 12.5 Å². The van der Waals surface area contributed by atoms with Gasteiger partial charge in [0.1, 0.15) is 0 Å². The number of nitrogens with one attached hydrogen (secondary N) is 1. The van der Waals surface area contributed by atoms with Crippen LogP contribution in [0.4, 0.5) is 5.69 Å². The van der Waals surface area contributed by atoms with Gasteiger partial charge in [-0.05, 0) is 35.9 Å². The van der Waals surface area contributed by atoms with Crippen LogP contribution in [-0.4, -0.2) is 24.4 Å². The number of nitrogens with zero attached hydrogens (tertiary/aromatic N) is 1. The number of carbonyl (C=O) groups is 1. The molecule has 0 heterocycles. The Kier molecular flexibility index (Phi) is 6.51. The molecule has 3 rings (SSSR count). The smallest absolute Gasteiger partial charge is 0.238 e. The monoisotopic (exact) mass is 398 g/mol. The van der Waals surface area contributed by atoms with Crippen LogP contribution in [0.2, 0.25) is 10.0 Å². The minimum absolute atomic E-state index is 0.162. The van der Waals surface area contributed by atoms with Crippen molar-refractivity contribution in [3.05, 3.63) is 88.4 Å². The molecule has 0 unspecified atom stereocenters. The highest BCUT2D eigenvalue weighted by Gasteiger charge is 2.13. The summed E-state index contributed by atoms with van der Waals surface area (Å²) in [5.41, 5.74) is 3.94. The summed E-state index contributed by atoms with van der Waals surface area (Å²) in [4.78, 5) is 14.4. The third-order valence-electron chi connectivity index (χ3n) is 4.18. The molecule has 138 valence electrons. The molecule has 0 radical (unpaired) electrons. The fourth-order valence-electron chi connectivity index (χ4n) is 2.95. The lowest BCUT2D eigenvalue weighted by atomic mass is 9.99. The lowest BCUT2D eigenvalue weighted by Crippen LogP contribution is -2.30. The van der Waals surface area contributed by atoms with Crippen molar-refractivity contribution in [3.8, 4) is 11.1 Å². The van der Waals surface area contributed by atoms with Crippen LogP contribution in [0.5, 0.6) is 0 Å². The van der Waals surface area contributed by atoms with Gasteiger partial charge in [0, 0.05) is 6.54 Å². The summed E-state index contributed by atoms with van der Waals surface area (Å²) < 4.78 is 0. The van der Waals surface area contributed by atoms with Crippen molar-refractivity contribution < 1.29 is 4.79 Å². The van der Waals surface area contributed by atoms with Crippen LogP contribution in [-0.2, 0) is 11.3 Å². The number of amides is 1. The minimum Gasteiger partial charge on any atom is -0.322 e. The maximum absolute atomic E-state index is 12.4. The molecule has 0 aromatic heterocycles. The second-order valence-corrected chi connectivity index (χ2v) is 7.15. The first-order chi connectivity index (χ1) is 13.0. The average Bonchev–Trinajstić information content (AvgIpc) is 2.66. The van der Waals surface area contributed by atoms with Gasteiger partial charge in [-0.1, -0.05) is 83.9 Å². The van der Waals surface area contributed by atoms with E-state index >= 15 is 0 Å². The van der Waals surface area contributed by atoms with Gasteiger partial charge in [0.2, 0.25) is 5.91 Å². The number of hydrogen-bond donors (Lipinski definition) is 1. The van der Waals surface area contributed by atoms with Crippen molar-refractivity contribution in [1.29, 1.82) is 0 Å². The molecule has 0 aliphatic heterocycles. The second-order valence-electron chi connectivity index (χ2n) is 6.34. The number of likely N-dealkylation sites (N-methyl/N-ethyl adjacent to an activating group) is 1. The van der Waals surface area contributed by atoms with E-state index in [4.69, 9.17) is 23.2 Å². The lowest BCUT2D eigenvalue weighted by Gasteiger charge is -2.19. The molecule has 1 N–H and O–H groups in total.